The van der Waals surface area contributed by atoms with Gasteiger partial charge in [-0.15, -0.1) is 12.4 Å². The molecule has 0 radical (unpaired) electrons. The predicted octanol–water partition coefficient (Wildman–Crippen LogP) is 3.22. The number of nitrogens with one attached hydrogen (secondary N) is 7. The molecule has 1 heterocycles. The average molecular weight is 1050 g/mol. The fraction of sp³-hybridized carbons (Fsp3) is 0.396. The fourth-order valence-corrected chi connectivity index (χ4v) is 8.65. The monoisotopic (exact) mass is 1040 g/mol. The molecule has 0 bridgehead atoms. The van der Waals surface area contributed by atoms with Gasteiger partial charge in [0.15, 0.2) is 0 Å². The maximum Gasteiger partial charge on any atom is 0.407 e. The molecule has 5 aromatic rings. The topological polar surface area (TPSA) is 286 Å². The van der Waals surface area contributed by atoms with Crippen molar-refractivity contribution in [2.24, 2.45) is 5.73 Å². The second-order valence-corrected chi connectivity index (χ2v) is 18.8. The molecule has 1 aromatic heterocycles. The van der Waals surface area contributed by atoms with E-state index in [1.807, 2.05) is 116 Å². The van der Waals surface area contributed by atoms with Crippen molar-refractivity contribution < 1.29 is 48.8 Å². The average Bonchev–Trinajstić information content (AvgIpc) is 3.78. The van der Waals surface area contributed by atoms with Crippen LogP contribution in [0.5, 0.6) is 0 Å². The van der Waals surface area contributed by atoms with E-state index in [1.54, 1.807) is 6.20 Å². The third-order valence-electron chi connectivity index (χ3n) is 11.9. The summed E-state index contributed by atoms with van der Waals surface area (Å²) < 4.78 is 5.31. The van der Waals surface area contributed by atoms with Gasteiger partial charge in [0.25, 0.3) is 0 Å². The van der Waals surface area contributed by atoms with Crippen LogP contribution in [0.15, 0.2) is 115 Å². The number of aryl methyl sites for hydroxylation is 1. The Kier molecular flexibility index (Phi) is 24.7. The number of carbonyl (C=O) groups is 6. The van der Waals surface area contributed by atoms with Crippen LogP contribution in [0, 0.1) is 6.92 Å². The van der Waals surface area contributed by atoms with Crippen molar-refractivity contribution >= 4 is 70.7 Å². The lowest BCUT2D eigenvalue weighted by Gasteiger charge is -2.28. The Morgan fingerprint density at radius 2 is 1.26 bits per heavy atom. The van der Waals surface area contributed by atoms with Crippen LogP contribution >= 0.6 is 24.2 Å². The Bertz CT molecular complexity index is 2520. The molecule has 0 aliphatic carbocycles. The molecule has 18 nitrogen and oxygen atoms in total. The zero-order chi connectivity index (χ0) is 52.0. The van der Waals surface area contributed by atoms with Gasteiger partial charge < -0.3 is 62.7 Å². The van der Waals surface area contributed by atoms with E-state index < -0.39 is 90.7 Å². The standard InChI is InChI=1S/C53H68N8O10S.ClH/c1-33-21-23-38(24-22-33)31-72-32-46(51(68)59-45(29-62)34(2)63)60-52(69)47(35(3)64)61-49(66)43(20-12-13-25-55-53(70)71-30-37-16-8-5-9-17-37)57-50(67)44(27-39-28-56-42-19-11-10-18-40(39)42)58-48(65)41(54)26-36-14-6-4-7-15-36;/h4-11,14-19,21-24,28,34-35,41,43-47,56,62-64H,12-13,20,25-27,29-32,54H2,1-3H3,(H,55,70)(H,57,67)(H,58,65)(H,59,68)(H,60,69)(H,61,66);1H/t34-,35-,41+,43+,44-,45-,46+,47+;/m1./s1. The number of fused-ring (bicyclic) bond motifs is 1. The second-order valence-electron chi connectivity index (χ2n) is 17.8. The number of ether oxygens (including phenoxy) is 1. The molecular formula is C53H69ClN8O10S. The van der Waals surface area contributed by atoms with Gasteiger partial charge in [0.1, 0.15) is 30.8 Å². The van der Waals surface area contributed by atoms with Crippen molar-refractivity contribution in [2.75, 3.05) is 18.9 Å². The van der Waals surface area contributed by atoms with Crippen molar-refractivity contribution in [1.29, 1.82) is 0 Å². The first-order valence-corrected chi connectivity index (χ1v) is 25.2. The highest BCUT2D eigenvalue weighted by Crippen LogP contribution is 2.20. The van der Waals surface area contributed by atoms with Crippen molar-refractivity contribution in [3.63, 3.8) is 0 Å². The number of rotatable bonds is 28. The molecule has 0 saturated heterocycles. The molecule has 12 N–H and O–H groups in total. The SMILES string of the molecule is Cc1ccc(CSC[C@H](NC(=O)[C@@H](NC(=O)[C@H](CCCCNC(=O)OCc2ccccc2)NC(=O)[C@@H](Cc2c[nH]c3ccccc23)NC(=O)[C@@H](N)Cc2ccccc2)[C@@H](C)O)C(=O)N[C@H](CO)[C@@H](C)O)cc1.Cl. The van der Waals surface area contributed by atoms with Gasteiger partial charge in [0.05, 0.1) is 30.9 Å². The molecule has 73 heavy (non-hydrogen) atoms. The van der Waals surface area contributed by atoms with E-state index in [9.17, 15) is 44.1 Å². The number of amides is 6. The Hall–Kier alpha value is -6.48. The van der Waals surface area contributed by atoms with Gasteiger partial charge in [0, 0.05) is 41.6 Å². The van der Waals surface area contributed by atoms with E-state index in [2.05, 4.69) is 36.9 Å². The molecule has 0 unspecified atom stereocenters. The van der Waals surface area contributed by atoms with Crippen molar-refractivity contribution in [3.05, 3.63) is 143 Å². The Morgan fingerprint density at radius 3 is 1.92 bits per heavy atom. The van der Waals surface area contributed by atoms with Gasteiger partial charge in [-0.2, -0.15) is 11.8 Å². The number of aliphatic hydroxyl groups excluding tert-OH is 3. The molecule has 0 aliphatic heterocycles. The van der Waals surface area contributed by atoms with Gasteiger partial charge in [0.2, 0.25) is 29.5 Å². The summed E-state index contributed by atoms with van der Waals surface area (Å²) in [4.78, 5) is 86.0. The van der Waals surface area contributed by atoms with E-state index in [0.29, 0.717) is 17.7 Å². The third kappa shape index (κ3) is 19.5. The number of halogens is 1. The number of H-pyrrole nitrogens is 1. The van der Waals surface area contributed by atoms with E-state index in [1.165, 1.54) is 25.6 Å². The Labute approximate surface area is 436 Å². The molecule has 0 aliphatic rings. The fourth-order valence-electron chi connectivity index (χ4n) is 7.63. The van der Waals surface area contributed by atoms with Crippen LogP contribution in [0.1, 0.15) is 60.9 Å². The number of benzene rings is 4. The molecule has 8 atom stereocenters. The molecule has 394 valence electrons. The lowest BCUT2D eigenvalue weighted by molar-refractivity contribution is -0.136. The van der Waals surface area contributed by atoms with Crippen molar-refractivity contribution in [3.8, 4) is 0 Å². The minimum absolute atomic E-state index is 0. The van der Waals surface area contributed by atoms with Crippen LogP contribution in [-0.2, 0) is 53.9 Å². The number of nitrogens with two attached hydrogens (primary N) is 1. The number of carbonyl (C=O) groups excluding carboxylic acids is 6. The quantitative estimate of drug-likeness (QED) is 0.0322. The largest absolute Gasteiger partial charge is 0.445 e. The zero-order valence-corrected chi connectivity index (χ0v) is 42.9. The van der Waals surface area contributed by atoms with Crippen LogP contribution in [0.2, 0.25) is 0 Å². The minimum atomic E-state index is -1.64. The smallest absolute Gasteiger partial charge is 0.407 e. The highest BCUT2D eigenvalue weighted by molar-refractivity contribution is 7.98. The maximum atomic E-state index is 14.5. The highest BCUT2D eigenvalue weighted by Gasteiger charge is 2.35. The first kappa shape index (κ1) is 59.1. The van der Waals surface area contributed by atoms with Crippen LogP contribution in [0.25, 0.3) is 10.9 Å². The van der Waals surface area contributed by atoms with Gasteiger partial charge in [-0.25, -0.2) is 4.79 Å². The summed E-state index contributed by atoms with van der Waals surface area (Å²) in [5.41, 5.74) is 11.5. The van der Waals surface area contributed by atoms with Crippen LogP contribution < -0.4 is 37.6 Å². The molecule has 0 saturated carbocycles. The number of aromatic amines is 1. The third-order valence-corrected chi connectivity index (χ3v) is 13.0. The summed E-state index contributed by atoms with van der Waals surface area (Å²) >= 11 is 1.33. The molecule has 0 fully saturated rings. The minimum Gasteiger partial charge on any atom is -0.445 e. The van der Waals surface area contributed by atoms with Crippen molar-refractivity contribution in [1.82, 2.24) is 36.9 Å². The zero-order valence-electron chi connectivity index (χ0n) is 41.3. The van der Waals surface area contributed by atoms with Crippen LogP contribution in [0.4, 0.5) is 4.79 Å². The van der Waals surface area contributed by atoms with E-state index in [0.717, 1.165) is 33.2 Å². The predicted molar refractivity (Wildman–Crippen MR) is 283 cm³/mol. The number of hydrogen-bond donors (Lipinski definition) is 11. The van der Waals surface area contributed by atoms with Gasteiger partial charge in [-0.1, -0.05) is 109 Å². The van der Waals surface area contributed by atoms with Crippen molar-refractivity contribution in [2.45, 2.75) is 114 Å². The second kappa shape index (κ2) is 30.5. The van der Waals surface area contributed by atoms with E-state index in [4.69, 9.17) is 10.5 Å². The maximum absolute atomic E-state index is 14.5. The summed E-state index contributed by atoms with van der Waals surface area (Å²) in [7, 11) is 0. The number of unbranched alkanes of at least 4 members (excludes halogenated alkanes) is 1. The molecule has 0 spiro atoms. The molecular weight excluding hydrogens is 976 g/mol. The lowest BCUT2D eigenvalue weighted by Crippen LogP contribution is -2.62. The van der Waals surface area contributed by atoms with Crippen LogP contribution in [0.3, 0.4) is 0 Å². The molecule has 5 rings (SSSR count). The Balaban J connectivity index is 0.0000116. The summed E-state index contributed by atoms with van der Waals surface area (Å²) in [6, 6.07) is 26.0. The first-order chi connectivity index (χ1) is 34.6. The summed E-state index contributed by atoms with van der Waals surface area (Å²) in [6.45, 7) is 4.27. The summed E-state index contributed by atoms with van der Waals surface area (Å²) in [5, 5.41) is 47.8. The van der Waals surface area contributed by atoms with Gasteiger partial charge >= 0.3 is 6.09 Å². The number of aromatic nitrogens is 1. The first-order valence-electron chi connectivity index (χ1n) is 24.0. The number of thioether (sulfide) groups is 1. The number of aliphatic hydroxyl groups is 3. The molecule has 6 amide bonds. The molecule has 20 heteroatoms. The molecule has 4 aromatic carbocycles. The number of para-hydroxylation sites is 1. The summed E-state index contributed by atoms with van der Waals surface area (Å²) in [6.07, 6.45) is -0.782. The normalized spacial score (nSPS) is 14.3. The van der Waals surface area contributed by atoms with Crippen LogP contribution in [-0.4, -0.2) is 123 Å². The number of hydrogen-bond acceptors (Lipinski definition) is 12. The van der Waals surface area contributed by atoms with E-state index in [-0.39, 0.29) is 57.0 Å². The highest BCUT2D eigenvalue weighted by atomic mass is 35.5. The lowest BCUT2D eigenvalue weighted by atomic mass is 10.0. The van der Waals surface area contributed by atoms with E-state index >= 15 is 0 Å². The van der Waals surface area contributed by atoms with Gasteiger partial charge in [-0.05, 0) is 74.8 Å². The van der Waals surface area contributed by atoms with Gasteiger partial charge in [-0.3, -0.25) is 24.0 Å². The summed E-state index contributed by atoms with van der Waals surface area (Å²) in [5.74, 6) is -3.33. The number of alkyl carbamates (subject to hydrolysis) is 1. The Morgan fingerprint density at radius 1 is 0.658 bits per heavy atom.